The monoisotopic (exact) mass is 256 g/mol. The molecule has 0 atom stereocenters. The summed E-state index contributed by atoms with van der Waals surface area (Å²) >= 11 is 5.93. The first kappa shape index (κ1) is 14.0. The minimum absolute atomic E-state index is 0.112. The predicted octanol–water partition coefficient (Wildman–Crippen LogP) is 1.59. The molecule has 94 valence electrons. The van der Waals surface area contributed by atoms with Gasteiger partial charge >= 0.3 is 0 Å². The average molecular weight is 257 g/mol. The highest BCUT2D eigenvalue weighted by molar-refractivity contribution is 6.33. The summed E-state index contributed by atoms with van der Waals surface area (Å²) in [6, 6.07) is 7.11. The maximum atomic E-state index is 11.7. The zero-order chi connectivity index (χ0) is 12.7. The summed E-state index contributed by atoms with van der Waals surface area (Å²) in [6.07, 6.45) is 0.663. The second kappa shape index (κ2) is 7.27. The number of carbonyl (C=O) groups excluding carboxylic acids is 1. The minimum Gasteiger partial charge on any atom is -0.396 e. The Morgan fingerprint density at radius 2 is 2.18 bits per heavy atom. The summed E-state index contributed by atoms with van der Waals surface area (Å²) < 4.78 is 0. The predicted molar refractivity (Wildman–Crippen MR) is 69.3 cm³/mol. The smallest absolute Gasteiger partial charge is 0.238 e. The molecule has 0 fully saturated rings. The average Bonchev–Trinajstić information content (AvgIpc) is 2.29. The van der Waals surface area contributed by atoms with E-state index in [-0.39, 0.29) is 19.1 Å². The van der Waals surface area contributed by atoms with Crippen LogP contribution in [-0.4, -0.2) is 42.7 Å². The van der Waals surface area contributed by atoms with Crippen LogP contribution >= 0.6 is 11.6 Å². The number of aliphatic hydroxyl groups excluding tert-OH is 1. The van der Waals surface area contributed by atoms with Gasteiger partial charge in [-0.2, -0.15) is 0 Å². The van der Waals surface area contributed by atoms with E-state index in [1.165, 1.54) is 0 Å². The van der Waals surface area contributed by atoms with Crippen LogP contribution < -0.4 is 5.32 Å². The van der Waals surface area contributed by atoms with Gasteiger partial charge in [0.25, 0.3) is 0 Å². The van der Waals surface area contributed by atoms with E-state index < -0.39 is 0 Å². The van der Waals surface area contributed by atoms with E-state index >= 15 is 0 Å². The van der Waals surface area contributed by atoms with Gasteiger partial charge in [-0.3, -0.25) is 9.69 Å². The van der Waals surface area contributed by atoms with Crippen LogP contribution in [0.5, 0.6) is 0 Å². The highest BCUT2D eigenvalue weighted by Crippen LogP contribution is 2.20. The first-order valence-electron chi connectivity index (χ1n) is 5.47. The molecule has 0 saturated carbocycles. The number of carbonyl (C=O) groups is 1. The summed E-state index contributed by atoms with van der Waals surface area (Å²) in [5, 5.41) is 11.9. The number of aliphatic hydroxyl groups is 1. The van der Waals surface area contributed by atoms with Crippen molar-refractivity contribution in [3.05, 3.63) is 29.3 Å². The zero-order valence-electron chi connectivity index (χ0n) is 9.82. The maximum Gasteiger partial charge on any atom is 0.238 e. The van der Waals surface area contributed by atoms with Crippen molar-refractivity contribution in [2.24, 2.45) is 0 Å². The van der Waals surface area contributed by atoms with Gasteiger partial charge in [0.15, 0.2) is 0 Å². The van der Waals surface area contributed by atoms with Crippen LogP contribution in [-0.2, 0) is 4.79 Å². The number of rotatable bonds is 6. The van der Waals surface area contributed by atoms with Crippen LogP contribution in [0.2, 0.25) is 5.02 Å². The first-order valence-corrected chi connectivity index (χ1v) is 5.85. The molecule has 0 saturated heterocycles. The Kier molecular flexibility index (Phi) is 5.97. The fraction of sp³-hybridized carbons (Fsp3) is 0.417. The second-order valence-corrected chi connectivity index (χ2v) is 4.25. The molecule has 1 rings (SSSR count). The number of halogens is 1. The Morgan fingerprint density at radius 1 is 1.47 bits per heavy atom. The lowest BCUT2D eigenvalue weighted by molar-refractivity contribution is -0.117. The second-order valence-electron chi connectivity index (χ2n) is 3.84. The maximum absolute atomic E-state index is 11.7. The molecule has 0 aliphatic heterocycles. The Morgan fingerprint density at radius 3 is 2.82 bits per heavy atom. The van der Waals surface area contributed by atoms with Crippen LogP contribution in [0, 0.1) is 0 Å². The molecule has 1 aromatic rings. The number of nitrogens with one attached hydrogen (secondary N) is 1. The van der Waals surface area contributed by atoms with Crippen LogP contribution in [0.4, 0.5) is 5.69 Å². The van der Waals surface area contributed by atoms with E-state index in [0.717, 1.165) is 0 Å². The summed E-state index contributed by atoms with van der Waals surface area (Å²) in [5.41, 5.74) is 0.620. The van der Waals surface area contributed by atoms with Crippen LogP contribution in [0.1, 0.15) is 6.42 Å². The number of likely N-dealkylation sites (N-methyl/N-ethyl adjacent to an activating group) is 1. The van der Waals surface area contributed by atoms with Gasteiger partial charge in [0.1, 0.15) is 0 Å². The summed E-state index contributed by atoms with van der Waals surface area (Å²) in [6.45, 7) is 1.11. The fourth-order valence-corrected chi connectivity index (χ4v) is 1.60. The largest absolute Gasteiger partial charge is 0.396 e. The molecule has 4 nitrogen and oxygen atoms in total. The molecule has 0 radical (unpaired) electrons. The third-order valence-electron chi connectivity index (χ3n) is 2.26. The summed E-state index contributed by atoms with van der Waals surface area (Å²) in [7, 11) is 1.84. The number of anilines is 1. The molecule has 2 N–H and O–H groups in total. The molecular formula is C12H17ClN2O2. The van der Waals surface area contributed by atoms with E-state index in [1.54, 1.807) is 12.1 Å². The normalized spacial score (nSPS) is 10.6. The molecule has 17 heavy (non-hydrogen) atoms. The molecule has 0 aliphatic rings. The molecule has 5 heteroatoms. The lowest BCUT2D eigenvalue weighted by Gasteiger charge is -2.15. The Bertz CT molecular complexity index is 371. The lowest BCUT2D eigenvalue weighted by Crippen LogP contribution is -2.31. The molecule has 1 amide bonds. The first-order chi connectivity index (χ1) is 8.13. The number of hydrogen-bond acceptors (Lipinski definition) is 3. The highest BCUT2D eigenvalue weighted by Gasteiger charge is 2.08. The molecule has 0 bridgehead atoms. The van der Waals surface area contributed by atoms with Gasteiger partial charge in [-0.25, -0.2) is 0 Å². The van der Waals surface area contributed by atoms with Crippen molar-refractivity contribution in [1.82, 2.24) is 4.90 Å². The molecule has 1 aromatic carbocycles. The van der Waals surface area contributed by atoms with Gasteiger partial charge in [0.05, 0.1) is 17.3 Å². The minimum atomic E-state index is -0.112. The quantitative estimate of drug-likeness (QED) is 0.813. The summed E-state index contributed by atoms with van der Waals surface area (Å²) in [5.74, 6) is -0.112. The molecule has 0 aliphatic carbocycles. The van der Waals surface area contributed by atoms with Crippen LogP contribution in [0.25, 0.3) is 0 Å². The SMILES string of the molecule is CN(CCCO)CC(=O)Nc1ccccc1Cl. The Labute approximate surface area is 106 Å². The van der Waals surface area contributed by atoms with E-state index in [9.17, 15) is 4.79 Å². The molecule has 0 heterocycles. The number of para-hydroxylation sites is 1. The van der Waals surface area contributed by atoms with Crippen molar-refractivity contribution in [3.63, 3.8) is 0 Å². The number of benzene rings is 1. The van der Waals surface area contributed by atoms with Gasteiger partial charge in [-0.1, -0.05) is 23.7 Å². The Balaban J connectivity index is 2.42. The van der Waals surface area contributed by atoms with E-state index in [0.29, 0.717) is 23.7 Å². The van der Waals surface area contributed by atoms with Crippen LogP contribution in [0.15, 0.2) is 24.3 Å². The van der Waals surface area contributed by atoms with E-state index in [2.05, 4.69) is 5.32 Å². The fourth-order valence-electron chi connectivity index (χ4n) is 1.42. The van der Waals surface area contributed by atoms with Crippen molar-refractivity contribution in [2.75, 3.05) is 32.1 Å². The van der Waals surface area contributed by atoms with Gasteiger partial charge in [-0.15, -0.1) is 0 Å². The van der Waals surface area contributed by atoms with Crippen molar-refractivity contribution in [1.29, 1.82) is 0 Å². The number of hydrogen-bond donors (Lipinski definition) is 2. The van der Waals surface area contributed by atoms with Gasteiger partial charge < -0.3 is 10.4 Å². The van der Waals surface area contributed by atoms with Crippen molar-refractivity contribution in [3.8, 4) is 0 Å². The molecule has 0 unspecified atom stereocenters. The highest BCUT2D eigenvalue weighted by atomic mass is 35.5. The Hall–Kier alpha value is -1.10. The molecule has 0 spiro atoms. The van der Waals surface area contributed by atoms with E-state index in [1.807, 2.05) is 24.1 Å². The third kappa shape index (κ3) is 5.17. The van der Waals surface area contributed by atoms with Crippen molar-refractivity contribution >= 4 is 23.2 Å². The van der Waals surface area contributed by atoms with E-state index in [4.69, 9.17) is 16.7 Å². The van der Waals surface area contributed by atoms with Gasteiger partial charge in [0, 0.05) is 13.2 Å². The van der Waals surface area contributed by atoms with Crippen molar-refractivity contribution < 1.29 is 9.90 Å². The molecule has 0 aromatic heterocycles. The molecular weight excluding hydrogens is 240 g/mol. The topological polar surface area (TPSA) is 52.6 Å². The number of nitrogens with zero attached hydrogens (tertiary/aromatic N) is 1. The lowest BCUT2D eigenvalue weighted by atomic mass is 10.3. The van der Waals surface area contributed by atoms with Crippen LogP contribution in [0.3, 0.4) is 0 Å². The standard InChI is InChI=1S/C12H17ClN2O2/c1-15(7-4-8-16)9-12(17)14-11-6-3-2-5-10(11)13/h2-3,5-6,16H,4,7-9H2,1H3,(H,14,17). The van der Waals surface area contributed by atoms with Crippen molar-refractivity contribution in [2.45, 2.75) is 6.42 Å². The van der Waals surface area contributed by atoms with Gasteiger partial charge in [-0.05, 0) is 25.6 Å². The summed E-state index contributed by atoms with van der Waals surface area (Å²) in [4.78, 5) is 13.5. The van der Waals surface area contributed by atoms with Gasteiger partial charge in [0.2, 0.25) is 5.91 Å². The zero-order valence-corrected chi connectivity index (χ0v) is 10.6. The third-order valence-corrected chi connectivity index (χ3v) is 2.59. The number of amides is 1.